The molecular weight excluding hydrogens is 550 g/mol. The lowest BCUT2D eigenvalue weighted by Crippen LogP contribution is -2.54. The van der Waals surface area contributed by atoms with Gasteiger partial charge in [0.05, 0.1) is 34.1 Å². The first-order valence-corrected chi connectivity index (χ1v) is 12.5. The maximum absolute atomic E-state index is 12.7. The molecule has 0 radical (unpaired) electrons. The van der Waals surface area contributed by atoms with E-state index in [1.54, 1.807) is 19.1 Å². The highest BCUT2D eigenvalue weighted by Gasteiger charge is 2.49. The molecule has 0 unspecified atom stereocenters. The molecule has 12 heteroatoms. The first-order valence-electron chi connectivity index (χ1n) is 11.4. The number of amides is 1. The van der Waals surface area contributed by atoms with Crippen LogP contribution in [0.15, 0.2) is 41.6 Å². The Morgan fingerprint density at radius 3 is 2.39 bits per heavy atom. The average molecular weight is 576 g/mol. The van der Waals surface area contributed by atoms with Crippen molar-refractivity contribution < 1.29 is 19.1 Å². The molecule has 1 fully saturated rings. The zero-order valence-electron chi connectivity index (χ0n) is 19.5. The van der Waals surface area contributed by atoms with Crippen molar-refractivity contribution in [2.75, 3.05) is 11.9 Å². The van der Waals surface area contributed by atoms with Crippen LogP contribution in [0.5, 0.6) is 0 Å². The summed E-state index contributed by atoms with van der Waals surface area (Å²) >= 11 is 18.4. The van der Waals surface area contributed by atoms with E-state index in [0.29, 0.717) is 16.6 Å². The molecule has 2 aliphatic rings. The number of ether oxygens (including phenoxy) is 2. The number of rotatable bonds is 8. The summed E-state index contributed by atoms with van der Waals surface area (Å²) in [6.07, 6.45) is 9.42. The monoisotopic (exact) mass is 574 g/mol. The zero-order chi connectivity index (χ0) is 25.0. The Morgan fingerprint density at radius 2 is 1.81 bits per heavy atom. The second-order valence-corrected chi connectivity index (χ2v) is 9.59. The number of halogens is 4. The number of aromatic nitrogens is 2. The van der Waals surface area contributed by atoms with E-state index in [1.807, 2.05) is 0 Å². The number of esters is 1. The zero-order valence-corrected chi connectivity index (χ0v) is 22.6. The van der Waals surface area contributed by atoms with E-state index in [2.05, 4.69) is 20.6 Å². The molecule has 4 rings (SSSR count). The maximum atomic E-state index is 12.7. The van der Waals surface area contributed by atoms with Crippen molar-refractivity contribution >= 4 is 64.8 Å². The van der Waals surface area contributed by atoms with Crippen LogP contribution in [0, 0.1) is 0 Å². The highest BCUT2D eigenvalue weighted by atomic mass is 35.5. The normalized spacial score (nSPS) is 16.8. The SMILES string of the molecule is CCOC(=O)[C@H](Cc1ccc(NC(=O)c2c(Cl)cncc2Cl)cn1)NC1=C(Cl)OC12CCCCC2.Cl. The molecule has 1 saturated carbocycles. The quantitative estimate of drug-likeness (QED) is 0.391. The van der Waals surface area contributed by atoms with E-state index in [0.717, 1.165) is 37.8 Å². The third-order valence-electron chi connectivity index (χ3n) is 6.06. The molecular formula is C24H26Cl4N4O4. The first kappa shape index (κ1) is 28.3. The van der Waals surface area contributed by atoms with Crippen LogP contribution in [0.4, 0.5) is 5.69 Å². The van der Waals surface area contributed by atoms with Crippen molar-refractivity contribution in [2.24, 2.45) is 0 Å². The van der Waals surface area contributed by atoms with Gasteiger partial charge in [-0.15, -0.1) is 12.4 Å². The summed E-state index contributed by atoms with van der Waals surface area (Å²) in [5, 5.41) is 6.57. The fourth-order valence-electron chi connectivity index (χ4n) is 4.33. The summed E-state index contributed by atoms with van der Waals surface area (Å²) in [6.45, 7) is 2.01. The summed E-state index contributed by atoms with van der Waals surface area (Å²) < 4.78 is 11.1. The lowest BCUT2D eigenvalue weighted by Gasteiger charge is -2.47. The van der Waals surface area contributed by atoms with Crippen molar-refractivity contribution in [3.8, 4) is 0 Å². The van der Waals surface area contributed by atoms with E-state index in [-0.39, 0.29) is 41.0 Å². The molecule has 8 nitrogen and oxygen atoms in total. The smallest absolute Gasteiger partial charge is 0.328 e. The molecule has 0 bridgehead atoms. The van der Waals surface area contributed by atoms with Crippen LogP contribution in [0.2, 0.25) is 10.0 Å². The Morgan fingerprint density at radius 1 is 1.11 bits per heavy atom. The molecule has 2 aromatic rings. The van der Waals surface area contributed by atoms with Crippen molar-refractivity contribution in [1.29, 1.82) is 0 Å². The predicted octanol–water partition coefficient (Wildman–Crippen LogP) is 5.66. The molecule has 1 aliphatic heterocycles. The standard InChI is InChI=1S/C24H25Cl3N4O4.ClH/c1-2-34-23(33)18(31-20-21(27)35-24(20)8-4-3-5-9-24)10-14-6-7-15(11-29-14)30-22(32)19-16(25)12-28-13-17(19)26;/h6-7,11-13,18,31H,2-5,8-10H2,1H3,(H,30,32);1H/t18-;/m0./s1. The number of hydrogen-bond acceptors (Lipinski definition) is 7. The number of hydrogen-bond donors (Lipinski definition) is 2. The molecule has 1 amide bonds. The number of nitrogens with zero attached hydrogens (tertiary/aromatic N) is 2. The molecule has 1 aliphatic carbocycles. The topological polar surface area (TPSA) is 102 Å². The van der Waals surface area contributed by atoms with Gasteiger partial charge in [-0.25, -0.2) is 4.79 Å². The third kappa shape index (κ3) is 6.17. The molecule has 3 heterocycles. The molecule has 1 atom stereocenters. The second-order valence-electron chi connectivity index (χ2n) is 8.43. The lowest BCUT2D eigenvalue weighted by molar-refractivity contribution is -0.146. The molecule has 0 aromatic carbocycles. The Hall–Kier alpha value is -2.26. The Kier molecular flexibility index (Phi) is 9.69. The van der Waals surface area contributed by atoms with Gasteiger partial charge in [0, 0.05) is 24.5 Å². The van der Waals surface area contributed by atoms with Gasteiger partial charge in [-0.2, -0.15) is 0 Å². The van der Waals surface area contributed by atoms with Gasteiger partial charge < -0.3 is 20.1 Å². The van der Waals surface area contributed by atoms with Crippen molar-refractivity contribution in [3.05, 3.63) is 62.9 Å². The van der Waals surface area contributed by atoms with Gasteiger partial charge in [0.1, 0.15) is 11.7 Å². The van der Waals surface area contributed by atoms with Gasteiger partial charge in [-0.3, -0.25) is 14.8 Å². The number of carbonyl (C=O) groups is 2. The van der Waals surface area contributed by atoms with Gasteiger partial charge in [-0.05, 0) is 56.3 Å². The maximum Gasteiger partial charge on any atom is 0.328 e. The number of carbonyl (C=O) groups excluding carboxylic acids is 2. The predicted molar refractivity (Wildman–Crippen MR) is 141 cm³/mol. The van der Waals surface area contributed by atoms with Crippen molar-refractivity contribution in [1.82, 2.24) is 15.3 Å². The Bertz CT molecular complexity index is 1120. The van der Waals surface area contributed by atoms with Crippen LogP contribution < -0.4 is 10.6 Å². The highest BCUT2D eigenvalue weighted by molar-refractivity contribution is 6.40. The highest BCUT2D eigenvalue weighted by Crippen LogP contribution is 2.47. The van der Waals surface area contributed by atoms with Gasteiger partial charge in [0.2, 0.25) is 5.22 Å². The number of nitrogens with one attached hydrogen (secondary N) is 2. The van der Waals surface area contributed by atoms with E-state index < -0.39 is 23.5 Å². The first-order chi connectivity index (χ1) is 16.8. The number of anilines is 1. The molecule has 2 aromatic heterocycles. The van der Waals surface area contributed by atoms with Gasteiger partial charge in [-0.1, -0.05) is 29.6 Å². The van der Waals surface area contributed by atoms with Gasteiger partial charge >= 0.3 is 5.97 Å². The van der Waals surface area contributed by atoms with Crippen molar-refractivity contribution in [3.63, 3.8) is 0 Å². The largest absolute Gasteiger partial charge is 0.468 e. The van der Waals surface area contributed by atoms with Crippen molar-refractivity contribution in [2.45, 2.75) is 57.1 Å². The molecule has 194 valence electrons. The number of pyridine rings is 2. The molecule has 36 heavy (non-hydrogen) atoms. The Balaban J connectivity index is 0.00000361. The third-order valence-corrected chi connectivity index (χ3v) is 6.90. The van der Waals surface area contributed by atoms with Gasteiger partial charge in [0.15, 0.2) is 5.60 Å². The minimum Gasteiger partial charge on any atom is -0.468 e. The summed E-state index contributed by atoms with van der Waals surface area (Å²) in [4.78, 5) is 33.6. The van der Waals surface area contributed by atoms with E-state index in [1.165, 1.54) is 18.6 Å². The molecule has 2 N–H and O–H groups in total. The van der Waals surface area contributed by atoms with Crippen LogP contribution in [-0.4, -0.2) is 40.1 Å². The summed E-state index contributed by atoms with van der Waals surface area (Å²) in [5.74, 6) is -0.879. The lowest BCUT2D eigenvalue weighted by atomic mass is 9.80. The van der Waals surface area contributed by atoms with Crippen LogP contribution >= 0.6 is 47.2 Å². The molecule has 0 saturated heterocycles. The van der Waals surface area contributed by atoms with Crippen LogP contribution in [-0.2, 0) is 20.7 Å². The van der Waals surface area contributed by atoms with E-state index in [4.69, 9.17) is 44.3 Å². The Labute approximate surface area is 230 Å². The summed E-state index contributed by atoms with van der Waals surface area (Å²) in [5.41, 5.74) is 1.51. The van der Waals surface area contributed by atoms with Gasteiger partial charge in [0.25, 0.3) is 5.91 Å². The van der Waals surface area contributed by atoms with E-state index >= 15 is 0 Å². The second kappa shape index (κ2) is 12.3. The van der Waals surface area contributed by atoms with Crippen LogP contribution in [0.25, 0.3) is 0 Å². The van der Waals surface area contributed by atoms with Crippen LogP contribution in [0.3, 0.4) is 0 Å². The minimum absolute atomic E-state index is 0. The average Bonchev–Trinajstić information content (AvgIpc) is 2.83. The summed E-state index contributed by atoms with van der Waals surface area (Å²) in [7, 11) is 0. The van der Waals surface area contributed by atoms with E-state index in [9.17, 15) is 9.59 Å². The fraction of sp³-hybridized carbons (Fsp3) is 0.417. The molecule has 1 spiro atoms. The van der Waals surface area contributed by atoms with Crippen LogP contribution in [0.1, 0.15) is 55.1 Å². The summed E-state index contributed by atoms with van der Waals surface area (Å²) in [6, 6.07) is 2.72. The minimum atomic E-state index is -0.691. The fourth-order valence-corrected chi connectivity index (χ4v) is 5.24.